The van der Waals surface area contributed by atoms with E-state index in [1.807, 2.05) is 0 Å². The zero-order valence-electron chi connectivity index (χ0n) is 18.4. The van der Waals surface area contributed by atoms with E-state index in [4.69, 9.17) is 21.4 Å². The smallest absolute Gasteiger partial charge is 0.302 e. The summed E-state index contributed by atoms with van der Waals surface area (Å²) in [5.41, 5.74) is 4.78. The fourth-order valence-electron chi connectivity index (χ4n) is 2.43. The first-order valence-electron chi connectivity index (χ1n) is 9.75. The lowest BCUT2D eigenvalue weighted by Gasteiger charge is -2.13. The van der Waals surface area contributed by atoms with Crippen LogP contribution in [0.4, 0.5) is 0 Å². The maximum Gasteiger partial charge on any atom is 0.481 e. The van der Waals surface area contributed by atoms with Gasteiger partial charge in [-0.3, -0.25) is 4.52 Å². The van der Waals surface area contributed by atoms with Crippen molar-refractivity contribution < 1.29 is 32.6 Å². The minimum atomic E-state index is -5.14. The first-order valence-corrected chi connectivity index (χ1v) is 13.1. The molecule has 0 rings (SSSR count). The highest BCUT2D eigenvalue weighted by Crippen LogP contribution is 2.57. The second-order valence-electron chi connectivity index (χ2n) is 7.50. The van der Waals surface area contributed by atoms with Gasteiger partial charge in [0.1, 0.15) is 0 Å². The lowest BCUT2D eigenvalue weighted by Crippen LogP contribution is -1.98. The predicted molar refractivity (Wildman–Crippen MR) is 122 cm³/mol. The number of rotatable bonds is 14. The highest BCUT2D eigenvalue weighted by atomic mass is 35.5. The van der Waals surface area contributed by atoms with Gasteiger partial charge in [-0.1, -0.05) is 52.1 Å². The summed E-state index contributed by atoms with van der Waals surface area (Å²) in [4.78, 5) is 26.4. The van der Waals surface area contributed by atoms with Crippen molar-refractivity contribution in [2.45, 2.75) is 73.1 Å². The summed E-state index contributed by atoms with van der Waals surface area (Å²) in [6.07, 6.45) is 12.2. The fourth-order valence-corrected chi connectivity index (χ4v) is 4.21. The van der Waals surface area contributed by atoms with Gasteiger partial charge in [0.2, 0.25) is 0 Å². The Hall–Kier alpha value is -0.490. The summed E-state index contributed by atoms with van der Waals surface area (Å²) < 4.78 is 30.3. The number of hydrogen-bond donors (Lipinski definition) is 3. The van der Waals surface area contributed by atoms with Gasteiger partial charge in [-0.05, 0) is 73.1 Å². The van der Waals surface area contributed by atoms with Crippen LogP contribution in [0.1, 0.15) is 73.1 Å². The van der Waals surface area contributed by atoms with Gasteiger partial charge in [0.05, 0.1) is 6.61 Å². The Morgan fingerprint density at radius 2 is 1.30 bits per heavy atom. The molecule has 174 valence electrons. The van der Waals surface area contributed by atoms with Crippen LogP contribution in [0, 0.1) is 0 Å². The molecule has 0 saturated heterocycles. The van der Waals surface area contributed by atoms with Crippen LogP contribution in [0.5, 0.6) is 0 Å². The van der Waals surface area contributed by atoms with Crippen LogP contribution in [0.15, 0.2) is 45.6 Å². The fraction of sp³-hybridized carbons (Fsp3) is 0.600. The Balaban J connectivity index is 4.40. The molecule has 0 aliphatic heterocycles. The number of hydrogen-bond acceptors (Lipinski definition) is 4. The van der Waals surface area contributed by atoms with Crippen molar-refractivity contribution in [3.05, 3.63) is 45.6 Å². The lowest BCUT2D eigenvalue weighted by atomic mass is 10.0. The zero-order chi connectivity index (χ0) is 23.4. The Morgan fingerprint density at radius 3 is 1.77 bits per heavy atom. The second-order valence-corrected chi connectivity index (χ2v) is 10.8. The quantitative estimate of drug-likeness (QED) is 0.181. The predicted octanol–water partition coefficient (Wildman–Crippen LogP) is 6.92. The van der Waals surface area contributed by atoms with Gasteiger partial charge >= 0.3 is 15.6 Å². The average Bonchev–Trinajstić information content (AvgIpc) is 2.57. The average molecular weight is 485 g/mol. The van der Waals surface area contributed by atoms with E-state index in [2.05, 4.69) is 54.8 Å². The van der Waals surface area contributed by atoms with Crippen molar-refractivity contribution in [1.82, 2.24) is 0 Å². The minimum Gasteiger partial charge on any atom is -0.302 e. The van der Waals surface area contributed by atoms with E-state index >= 15 is 0 Å². The monoisotopic (exact) mass is 484 g/mol. The standard InChI is InChI=1S/C20H35ClO7P2/c1-16(2)9-6-10-17(3)11-7-12-18(4)13-8-14-19(5)20(21)15-27-30(25,26)28-29(22,23)24/h9,11,13H,6-8,10,12,14-15H2,1-5H3,(H,25,26)(H2,22,23,24)/b17-11+,18-13+,20-19-. The molecule has 0 radical (unpaired) electrons. The topological polar surface area (TPSA) is 113 Å². The van der Waals surface area contributed by atoms with Crippen molar-refractivity contribution in [2.24, 2.45) is 0 Å². The summed E-state index contributed by atoms with van der Waals surface area (Å²) >= 11 is 6.04. The highest BCUT2D eigenvalue weighted by Gasteiger charge is 2.32. The van der Waals surface area contributed by atoms with Crippen LogP contribution in [0.3, 0.4) is 0 Å². The molecule has 1 atom stereocenters. The molecule has 0 aliphatic carbocycles. The number of phosphoric acid groups is 2. The summed E-state index contributed by atoms with van der Waals surface area (Å²) in [5, 5.41) is 0.194. The van der Waals surface area contributed by atoms with Crippen LogP contribution in [0.2, 0.25) is 0 Å². The molecular formula is C20H35ClO7P2. The first-order chi connectivity index (χ1) is 13.7. The van der Waals surface area contributed by atoms with E-state index in [1.54, 1.807) is 6.92 Å². The third-order valence-corrected chi connectivity index (χ3v) is 6.73. The molecule has 1 unspecified atom stereocenters. The molecule has 0 aromatic rings. The molecule has 30 heavy (non-hydrogen) atoms. The van der Waals surface area contributed by atoms with Gasteiger partial charge < -0.3 is 14.7 Å². The van der Waals surface area contributed by atoms with Gasteiger partial charge in [0.15, 0.2) is 0 Å². The van der Waals surface area contributed by atoms with Crippen molar-refractivity contribution >= 4 is 27.2 Å². The van der Waals surface area contributed by atoms with Crippen LogP contribution in [-0.2, 0) is 18.0 Å². The SMILES string of the molecule is CC(C)=CCC/C(C)=C/CC/C(C)=C/CC/C(C)=C(\Cl)COP(=O)(O)OP(=O)(O)O. The Labute approximate surface area is 185 Å². The van der Waals surface area contributed by atoms with Crippen LogP contribution < -0.4 is 0 Å². The molecule has 0 aromatic heterocycles. The molecule has 0 amide bonds. The molecule has 3 N–H and O–H groups in total. The van der Waals surface area contributed by atoms with E-state index in [-0.39, 0.29) is 5.03 Å². The van der Waals surface area contributed by atoms with E-state index in [9.17, 15) is 14.0 Å². The van der Waals surface area contributed by atoms with E-state index in [0.717, 1.165) is 37.7 Å². The van der Waals surface area contributed by atoms with Crippen LogP contribution in [0.25, 0.3) is 0 Å². The molecule has 0 bridgehead atoms. The van der Waals surface area contributed by atoms with Gasteiger partial charge in [-0.15, -0.1) is 0 Å². The maximum atomic E-state index is 11.4. The van der Waals surface area contributed by atoms with Crippen molar-refractivity contribution in [3.8, 4) is 0 Å². The number of allylic oxidation sites excluding steroid dienone is 7. The Kier molecular flexibility index (Phi) is 14.3. The molecule has 0 spiro atoms. The van der Waals surface area contributed by atoms with Gasteiger partial charge in [-0.25, -0.2) is 9.13 Å². The zero-order valence-corrected chi connectivity index (χ0v) is 21.0. The van der Waals surface area contributed by atoms with E-state index in [0.29, 0.717) is 6.42 Å². The lowest BCUT2D eigenvalue weighted by molar-refractivity contribution is 0.190. The summed E-state index contributed by atoms with van der Waals surface area (Å²) in [7, 11) is -10.0. The largest absolute Gasteiger partial charge is 0.481 e. The van der Waals surface area contributed by atoms with Crippen molar-refractivity contribution in [3.63, 3.8) is 0 Å². The molecule has 0 fully saturated rings. The molecule has 0 heterocycles. The first kappa shape index (κ1) is 29.5. The van der Waals surface area contributed by atoms with E-state index < -0.39 is 22.3 Å². The summed E-state index contributed by atoms with van der Waals surface area (Å²) in [6, 6.07) is 0. The summed E-state index contributed by atoms with van der Waals surface area (Å²) in [6.45, 7) is 9.75. The van der Waals surface area contributed by atoms with Gasteiger partial charge in [0.25, 0.3) is 0 Å². The van der Waals surface area contributed by atoms with Crippen LogP contribution in [-0.4, -0.2) is 21.3 Å². The van der Waals surface area contributed by atoms with Crippen molar-refractivity contribution in [1.29, 1.82) is 0 Å². The molecule has 0 aliphatic rings. The molecular weight excluding hydrogens is 450 g/mol. The third kappa shape index (κ3) is 17.2. The minimum absolute atomic E-state index is 0.194. The van der Waals surface area contributed by atoms with Crippen LogP contribution >= 0.6 is 27.2 Å². The molecule has 10 heteroatoms. The summed E-state index contributed by atoms with van der Waals surface area (Å²) in [5.74, 6) is 0. The number of halogens is 1. The molecule has 0 aromatic carbocycles. The third-order valence-electron chi connectivity index (χ3n) is 4.16. The van der Waals surface area contributed by atoms with Gasteiger partial charge in [-0.2, -0.15) is 4.31 Å². The second kappa shape index (κ2) is 14.5. The van der Waals surface area contributed by atoms with E-state index in [1.165, 1.54) is 16.7 Å². The Morgan fingerprint density at radius 1 is 0.833 bits per heavy atom. The maximum absolute atomic E-state index is 11.4. The molecule has 7 nitrogen and oxygen atoms in total. The Bertz CT molecular complexity index is 759. The van der Waals surface area contributed by atoms with Gasteiger partial charge in [0, 0.05) is 5.03 Å². The normalized spacial score (nSPS) is 16.2. The molecule has 0 saturated carbocycles. The highest BCUT2D eigenvalue weighted by molar-refractivity contribution is 7.60. The number of phosphoric ester groups is 1. The van der Waals surface area contributed by atoms with Crippen molar-refractivity contribution in [2.75, 3.05) is 6.61 Å².